The second kappa shape index (κ2) is 9.97. The molecule has 0 fully saturated rings. The van der Waals surface area contributed by atoms with Gasteiger partial charge in [0.2, 0.25) is 0 Å². The number of hydrogen-bond donors (Lipinski definition) is 1. The smallest absolute Gasteiger partial charge is 0.316 e. The molecule has 1 atom stereocenters. The van der Waals surface area contributed by atoms with E-state index in [0.717, 1.165) is 27.9 Å². The van der Waals surface area contributed by atoms with Crippen LogP contribution in [-0.2, 0) is 0 Å². The van der Waals surface area contributed by atoms with Gasteiger partial charge in [0.05, 0.1) is 6.04 Å². The lowest BCUT2D eigenvalue weighted by atomic mass is 9.92. The van der Waals surface area contributed by atoms with Crippen LogP contribution in [0.3, 0.4) is 0 Å². The van der Waals surface area contributed by atoms with Gasteiger partial charge >= 0.3 is 6.03 Å². The first kappa shape index (κ1) is 22.8. The van der Waals surface area contributed by atoms with Gasteiger partial charge in [0.25, 0.3) is 0 Å². The van der Waals surface area contributed by atoms with E-state index in [2.05, 4.69) is 56.2 Å². The van der Waals surface area contributed by atoms with E-state index in [1.54, 1.807) is 17.3 Å². The topological polar surface area (TPSA) is 45.2 Å². The van der Waals surface area contributed by atoms with Crippen molar-refractivity contribution in [2.45, 2.75) is 45.6 Å². The van der Waals surface area contributed by atoms with Crippen molar-refractivity contribution in [2.75, 3.05) is 12.4 Å². The van der Waals surface area contributed by atoms with Gasteiger partial charge in [-0.2, -0.15) is 0 Å². The lowest BCUT2D eigenvalue weighted by Crippen LogP contribution is -2.36. The Morgan fingerprint density at radius 2 is 1.52 bits per heavy atom. The van der Waals surface area contributed by atoms with Crippen LogP contribution in [0.4, 0.5) is 10.5 Å². The van der Waals surface area contributed by atoms with Crippen LogP contribution < -0.4 is 5.32 Å². The SMILES string of the molecule is CC(C)c1cccc(C(C)C)c1NC(=O)N(C)C(c1ccc(Cl)cc1)c1cccnc1. The Hall–Kier alpha value is -2.85. The number of rotatable bonds is 6. The van der Waals surface area contributed by atoms with Crippen molar-refractivity contribution in [3.05, 3.63) is 94.3 Å². The van der Waals surface area contributed by atoms with Gasteiger partial charge in [-0.25, -0.2) is 4.79 Å². The first-order valence-electron chi connectivity index (χ1n) is 10.6. The van der Waals surface area contributed by atoms with Crippen LogP contribution in [0.15, 0.2) is 67.0 Å². The average Bonchev–Trinajstić information content (AvgIpc) is 2.75. The van der Waals surface area contributed by atoms with Crippen molar-refractivity contribution < 1.29 is 4.79 Å². The standard InChI is InChI=1S/C26H30ClN3O/c1-17(2)22-9-6-10-23(18(3)4)24(22)29-26(31)30(5)25(20-8-7-15-28-16-20)19-11-13-21(27)14-12-19/h6-18,25H,1-5H3,(H,29,31). The van der Waals surface area contributed by atoms with E-state index in [1.165, 1.54) is 0 Å². The summed E-state index contributed by atoms with van der Waals surface area (Å²) in [5.41, 5.74) is 5.08. The third-order valence-electron chi connectivity index (χ3n) is 5.50. The molecule has 31 heavy (non-hydrogen) atoms. The number of carbonyl (C=O) groups is 1. The highest BCUT2D eigenvalue weighted by Gasteiger charge is 2.25. The van der Waals surface area contributed by atoms with Crippen molar-refractivity contribution in [3.8, 4) is 0 Å². The zero-order chi connectivity index (χ0) is 22.5. The highest BCUT2D eigenvalue weighted by molar-refractivity contribution is 6.30. The van der Waals surface area contributed by atoms with Crippen molar-refractivity contribution in [2.24, 2.45) is 0 Å². The highest BCUT2D eigenvalue weighted by Crippen LogP contribution is 2.34. The molecule has 3 aromatic rings. The van der Waals surface area contributed by atoms with E-state index in [4.69, 9.17) is 11.6 Å². The summed E-state index contributed by atoms with van der Waals surface area (Å²) in [6, 6.07) is 17.2. The second-order valence-electron chi connectivity index (χ2n) is 8.40. The summed E-state index contributed by atoms with van der Waals surface area (Å²) in [6.07, 6.45) is 3.53. The minimum Gasteiger partial charge on any atom is -0.316 e. The highest BCUT2D eigenvalue weighted by atomic mass is 35.5. The number of benzene rings is 2. The molecule has 1 aromatic heterocycles. The summed E-state index contributed by atoms with van der Waals surface area (Å²) >= 11 is 6.10. The molecule has 0 spiro atoms. The normalized spacial score (nSPS) is 12.1. The van der Waals surface area contributed by atoms with E-state index in [-0.39, 0.29) is 12.1 Å². The van der Waals surface area contributed by atoms with Crippen LogP contribution in [0.5, 0.6) is 0 Å². The largest absolute Gasteiger partial charge is 0.322 e. The number of halogens is 1. The molecule has 2 aromatic carbocycles. The maximum atomic E-state index is 13.5. The van der Waals surface area contributed by atoms with Gasteiger partial charge in [-0.1, -0.05) is 75.7 Å². The molecule has 2 amide bonds. The van der Waals surface area contributed by atoms with Crippen LogP contribution in [0.25, 0.3) is 0 Å². The number of pyridine rings is 1. The van der Waals surface area contributed by atoms with E-state index in [1.807, 2.05) is 43.4 Å². The van der Waals surface area contributed by atoms with E-state index >= 15 is 0 Å². The average molecular weight is 436 g/mol. The Morgan fingerprint density at radius 3 is 2.03 bits per heavy atom. The fourth-order valence-corrected chi connectivity index (χ4v) is 3.96. The van der Waals surface area contributed by atoms with Crippen molar-refractivity contribution >= 4 is 23.3 Å². The molecule has 162 valence electrons. The minimum atomic E-state index is -0.292. The summed E-state index contributed by atoms with van der Waals surface area (Å²) in [6.45, 7) is 8.58. The van der Waals surface area contributed by atoms with E-state index in [0.29, 0.717) is 16.9 Å². The van der Waals surface area contributed by atoms with Gasteiger partial charge in [-0.05, 0) is 52.3 Å². The molecule has 0 aliphatic carbocycles. The molecular formula is C26H30ClN3O. The molecule has 0 aliphatic rings. The van der Waals surface area contributed by atoms with Crippen LogP contribution in [-0.4, -0.2) is 23.0 Å². The van der Waals surface area contributed by atoms with Crippen molar-refractivity contribution in [3.63, 3.8) is 0 Å². The zero-order valence-corrected chi connectivity index (χ0v) is 19.5. The monoisotopic (exact) mass is 435 g/mol. The molecule has 3 rings (SSSR count). The number of anilines is 1. The van der Waals surface area contributed by atoms with Gasteiger partial charge in [-0.15, -0.1) is 0 Å². The number of hydrogen-bond acceptors (Lipinski definition) is 2. The lowest BCUT2D eigenvalue weighted by Gasteiger charge is -2.30. The molecule has 1 heterocycles. The van der Waals surface area contributed by atoms with Crippen molar-refractivity contribution in [1.82, 2.24) is 9.88 Å². The van der Waals surface area contributed by atoms with Crippen LogP contribution in [0.1, 0.15) is 67.8 Å². The van der Waals surface area contributed by atoms with Gasteiger partial charge in [-0.3, -0.25) is 4.98 Å². The molecule has 0 saturated heterocycles. The first-order valence-corrected chi connectivity index (χ1v) is 11.0. The molecule has 5 heteroatoms. The summed E-state index contributed by atoms with van der Waals surface area (Å²) in [4.78, 5) is 19.5. The number of aromatic nitrogens is 1. The molecule has 0 bridgehead atoms. The molecule has 1 unspecified atom stereocenters. The van der Waals surface area contributed by atoms with E-state index in [9.17, 15) is 4.79 Å². The molecule has 0 radical (unpaired) electrons. The quantitative estimate of drug-likeness (QED) is 0.443. The predicted molar refractivity (Wildman–Crippen MR) is 129 cm³/mol. The molecule has 0 aliphatic heterocycles. The predicted octanol–water partition coefficient (Wildman–Crippen LogP) is 7.24. The Balaban J connectivity index is 1.99. The van der Waals surface area contributed by atoms with Gasteiger partial charge in [0.1, 0.15) is 0 Å². The van der Waals surface area contributed by atoms with Crippen molar-refractivity contribution in [1.29, 1.82) is 0 Å². The molecular weight excluding hydrogens is 406 g/mol. The van der Waals surface area contributed by atoms with Gasteiger partial charge < -0.3 is 10.2 Å². The fraction of sp³-hybridized carbons (Fsp3) is 0.308. The Bertz CT molecular complexity index is 990. The maximum Gasteiger partial charge on any atom is 0.322 e. The molecule has 0 saturated carbocycles. The third kappa shape index (κ3) is 5.26. The number of amides is 2. The third-order valence-corrected chi connectivity index (χ3v) is 5.75. The Kier molecular flexibility index (Phi) is 7.34. The van der Waals surface area contributed by atoms with Crippen LogP contribution in [0.2, 0.25) is 5.02 Å². The molecule has 1 N–H and O–H groups in total. The lowest BCUT2D eigenvalue weighted by molar-refractivity contribution is 0.212. The fourth-order valence-electron chi connectivity index (χ4n) is 3.83. The van der Waals surface area contributed by atoms with Crippen LogP contribution in [0, 0.1) is 0 Å². The Labute approximate surface area is 190 Å². The maximum absolute atomic E-state index is 13.5. The number of carbonyl (C=O) groups excluding carboxylic acids is 1. The van der Waals surface area contributed by atoms with Crippen LogP contribution >= 0.6 is 11.6 Å². The van der Waals surface area contributed by atoms with E-state index < -0.39 is 0 Å². The van der Waals surface area contributed by atoms with Gasteiger partial charge in [0.15, 0.2) is 0 Å². The summed E-state index contributed by atoms with van der Waals surface area (Å²) in [5.74, 6) is 0.592. The second-order valence-corrected chi connectivity index (χ2v) is 8.84. The number of para-hydroxylation sites is 1. The summed E-state index contributed by atoms with van der Waals surface area (Å²) in [5, 5.41) is 3.87. The minimum absolute atomic E-state index is 0.168. The molecule has 4 nitrogen and oxygen atoms in total. The Morgan fingerprint density at radius 1 is 0.903 bits per heavy atom. The zero-order valence-electron chi connectivity index (χ0n) is 18.8. The summed E-state index contributed by atoms with van der Waals surface area (Å²) < 4.78 is 0. The number of nitrogens with zero attached hydrogens (tertiary/aromatic N) is 2. The number of nitrogens with one attached hydrogen (secondary N) is 1. The first-order chi connectivity index (χ1) is 14.8. The summed E-state index contributed by atoms with van der Waals surface area (Å²) in [7, 11) is 1.81. The number of urea groups is 1. The van der Waals surface area contributed by atoms with Gasteiger partial charge in [0, 0.05) is 30.2 Å².